The first-order chi connectivity index (χ1) is 11.1. The maximum Gasteiger partial charge on any atom is 0.306 e. The largest absolute Gasteiger partial charge is 0.481 e. The molecule has 4 heteroatoms. The Morgan fingerprint density at radius 1 is 0.696 bits per heavy atom. The fourth-order valence-corrected chi connectivity index (χ4v) is 2.94. The van der Waals surface area contributed by atoms with Crippen molar-refractivity contribution in [2.24, 2.45) is 5.92 Å². The van der Waals surface area contributed by atoms with E-state index in [0.29, 0.717) is 6.42 Å². The van der Waals surface area contributed by atoms with Gasteiger partial charge in [0.2, 0.25) is 0 Å². The number of hydrogen-bond donors (Lipinski definition) is 2. The number of unbranched alkanes of at least 4 members (excludes halogenated alkanes) is 10. The third-order valence-corrected chi connectivity index (χ3v) is 4.45. The molecule has 1 unspecified atom stereocenters. The van der Waals surface area contributed by atoms with Crippen molar-refractivity contribution in [1.29, 1.82) is 0 Å². The summed E-state index contributed by atoms with van der Waals surface area (Å²) >= 11 is 0. The van der Waals surface area contributed by atoms with Crippen LogP contribution in [0.4, 0.5) is 0 Å². The molecule has 4 nitrogen and oxygen atoms in total. The molecule has 0 spiro atoms. The lowest BCUT2D eigenvalue weighted by Crippen LogP contribution is -2.13. The average Bonchev–Trinajstić information content (AvgIpc) is 2.50. The Hall–Kier alpha value is -1.06. The third-order valence-electron chi connectivity index (χ3n) is 4.45. The molecule has 23 heavy (non-hydrogen) atoms. The maximum absolute atomic E-state index is 11.3. The van der Waals surface area contributed by atoms with Crippen LogP contribution >= 0.6 is 0 Å². The minimum Gasteiger partial charge on any atom is -0.481 e. The summed E-state index contributed by atoms with van der Waals surface area (Å²) in [6.07, 6.45) is 15.1. The van der Waals surface area contributed by atoms with Crippen LogP contribution in [0.25, 0.3) is 0 Å². The zero-order valence-electron chi connectivity index (χ0n) is 14.9. The highest BCUT2D eigenvalue weighted by molar-refractivity contribution is 5.69. The van der Waals surface area contributed by atoms with Crippen molar-refractivity contribution in [3.8, 4) is 0 Å². The molecular formula is C19H36O4. The van der Waals surface area contributed by atoms with Crippen molar-refractivity contribution in [1.82, 2.24) is 0 Å². The Kier molecular flexibility index (Phi) is 15.1. The maximum atomic E-state index is 11.3. The summed E-state index contributed by atoms with van der Waals surface area (Å²) in [5.41, 5.74) is 0. The molecule has 0 rings (SSSR count). The van der Waals surface area contributed by atoms with Gasteiger partial charge in [-0.3, -0.25) is 9.59 Å². The van der Waals surface area contributed by atoms with Crippen LogP contribution in [0.3, 0.4) is 0 Å². The molecule has 0 saturated carbocycles. The van der Waals surface area contributed by atoms with Gasteiger partial charge in [-0.2, -0.15) is 0 Å². The summed E-state index contributed by atoms with van der Waals surface area (Å²) in [6.45, 7) is 2.22. The Bertz CT molecular complexity index is 302. The summed E-state index contributed by atoms with van der Waals surface area (Å²) in [5.74, 6) is -1.63. The first-order valence-electron chi connectivity index (χ1n) is 9.52. The molecule has 0 bridgehead atoms. The van der Waals surface area contributed by atoms with E-state index in [1.165, 1.54) is 38.5 Å². The number of carboxylic acids is 2. The van der Waals surface area contributed by atoms with Crippen LogP contribution in [0.5, 0.6) is 0 Å². The third kappa shape index (κ3) is 15.6. The molecule has 1 atom stereocenters. The van der Waals surface area contributed by atoms with Crippen LogP contribution in [-0.2, 0) is 9.59 Å². The summed E-state index contributed by atoms with van der Waals surface area (Å²) in [6, 6.07) is 0. The van der Waals surface area contributed by atoms with Crippen molar-refractivity contribution < 1.29 is 19.8 Å². The van der Waals surface area contributed by atoms with Gasteiger partial charge in [0.1, 0.15) is 0 Å². The lowest BCUT2D eigenvalue weighted by atomic mass is 9.94. The number of carboxylic acid groups (broad SMARTS) is 2. The molecule has 0 aliphatic rings. The smallest absolute Gasteiger partial charge is 0.306 e. The van der Waals surface area contributed by atoms with Crippen molar-refractivity contribution in [2.75, 3.05) is 0 Å². The number of aliphatic carboxylic acids is 2. The standard InChI is InChI=1S/C19H36O4/c1-2-3-4-5-6-7-8-11-14-17(19(22)23)15-12-9-10-13-16-18(20)21/h17H,2-16H2,1H3,(H,20,21)(H,22,23). The van der Waals surface area contributed by atoms with Crippen molar-refractivity contribution in [3.63, 3.8) is 0 Å². The Balaban J connectivity index is 3.55. The van der Waals surface area contributed by atoms with Gasteiger partial charge in [-0.25, -0.2) is 0 Å². The second kappa shape index (κ2) is 15.8. The van der Waals surface area contributed by atoms with Crippen LogP contribution < -0.4 is 0 Å². The van der Waals surface area contributed by atoms with Gasteiger partial charge in [0.15, 0.2) is 0 Å². The van der Waals surface area contributed by atoms with E-state index in [0.717, 1.165) is 44.9 Å². The fourth-order valence-electron chi connectivity index (χ4n) is 2.94. The second-order valence-corrected chi connectivity index (χ2v) is 6.65. The highest BCUT2D eigenvalue weighted by Crippen LogP contribution is 2.19. The zero-order chi connectivity index (χ0) is 17.3. The predicted octanol–water partition coefficient (Wildman–Crippen LogP) is 5.64. The predicted molar refractivity (Wildman–Crippen MR) is 93.7 cm³/mol. The molecule has 0 aromatic carbocycles. The molecule has 0 fully saturated rings. The van der Waals surface area contributed by atoms with Crippen LogP contribution in [0.15, 0.2) is 0 Å². The van der Waals surface area contributed by atoms with Crippen molar-refractivity contribution in [3.05, 3.63) is 0 Å². The zero-order valence-corrected chi connectivity index (χ0v) is 14.9. The van der Waals surface area contributed by atoms with E-state index in [2.05, 4.69) is 6.92 Å². The number of rotatable bonds is 17. The van der Waals surface area contributed by atoms with Crippen molar-refractivity contribution >= 4 is 11.9 Å². The molecule has 0 radical (unpaired) electrons. The summed E-state index contributed by atoms with van der Waals surface area (Å²) < 4.78 is 0. The van der Waals surface area contributed by atoms with Crippen LogP contribution in [0.1, 0.15) is 103 Å². The first kappa shape index (κ1) is 21.9. The topological polar surface area (TPSA) is 74.6 Å². The molecule has 0 aromatic rings. The lowest BCUT2D eigenvalue weighted by molar-refractivity contribution is -0.142. The normalized spacial score (nSPS) is 12.2. The molecule has 0 amide bonds. The highest BCUT2D eigenvalue weighted by atomic mass is 16.4. The number of hydrogen-bond acceptors (Lipinski definition) is 2. The minimum absolute atomic E-state index is 0.213. The van der Waals surface area contributed by atoms with Gasteiger partial charge >= 0.3 is 11.9 Å². The van der Waals surface area contributed by atoms with E-state index >= 15 is 0 Å². The van der Waals surface area contributed by atoms with Gasteiger partial charge in [0.05, 0.1) is 5.92 Å². The van der Waals surface area contributed by atoms with Gasteiger partial charge in [0.25, 0.3) is 0 Å². The Morgan fingerprint density at radius 2 is 1.13 bits per heavy atom. The quantitative estimate of drug-likeness (QED) is 0.339. The molecule has 0 aliphatic carbocycles. The van der Waals surface area contributed by atoms with E-state index in [1.54, 1.807) is 0 Å². The van der Waals surface area contributed by atoms with Gasteiger partial charge in [-0.15, -0.1) is 0 Å². The SMILES string of the molecule is CCCCCCCCCCC(CCCCCCC(=O)O)C(=O)O. The Labute approximate surface area is 141 Å². The molecule has 0 aromatic heterocycles. The monoisotopic (exact) mass is 328 g/mol. The van der Waals surface area contributed by atoms with E-state index in [9.17, 15) is 14.7 Å². The van der Waals surface area contributed by atoms with Crippen LogP contribution in [-0.4, -0.2) is 22.2 Å². The van der Waals surface area contributed by atoms with E-state index in [1.807, 2.05) is 0 Å². The summed E-state index contributed by atoms with van der Waals surface area (Å²) in [4.78, 5) is 21.7. The highest BCUT2D eigenvalue weighted by Gasteiger charge is 2.16. The summed E-state index contributed by atoms with van der Waals surface area (Å²) in [5, 5.41) is 17.8. The lowest BCUT2D eigenvalue weighted by Gasteiger charge is -2.12. The molecule has 0 aliphatic heterocycles. The van der Waals surface area contributed by atoms with Gasteiger partial charge in [-0.1, -0.05) is 77.6 Å². The van der Waals surface area contributed by atoms with E-state index in [4.69, 9.17) is 5.11 Å². The van der Waals surface area contributed by atoms with Crippen molar-refractivity contribution in [2.45, 2.75) is 103 Å². The van der Waals surface area contributed by atoms with Crippen LogP contribution in [0.2, 0.25) is 0 Å². The molecule has 0 saturated heterocycles. The Morgan fingerprint density at radius 3 is 1.57 bits per heavy atom. The minimum atomic E-state index is -0.747. The molecule has 0 heterocycles. The van der Waals surface area contributed by atoms with Crippen LogP contribution in [0, 0.1) is 5.92 Å². The van der Waals surface area contributed by atoms with Gasteiger partial charge in [0, 0.05) is 6.42 Å². The second-order valence-electron chi connectivity index (χ2n) is 6.65. The average molecular weight is 328 g/mol. The fraction of sp³-hybridized carbons (Fsp3) is 0.895. The molecular weight excluding hydrogens is 292 g/mol. The summed E-state index contributed by atoms with van der Waals surface area (Å²) in [7, 11) is 0. The number of carbonyl (C=O) groups is 2. The molecule has 136 valence electrons. The first-order valence-corrected chi connectivity index (χ1v) is 9.52. The van der Waals surface area contributed by atoms with E-state index < -0.39 is 11.9 Å². The van der Waals surface area contributed by atoms with Gasteiger partial charge in [-0.05, 0) is 19.3 Å². The van der Waals surface area contributed by atoms with E-state index in [-0.39, 0.29) is 12.3 Å². The molecule has 2 N–H and O–H groups in total. The van der Waals surface area contributed by atoms with Gasteiger partial charge < -0.3 is 10.2 Å².